The largest absolute Gasteiger partial charge is 0.376 e. The van der Waals surface area contributed by atoms with E-state index >= 15 is 0 Å². The molecule has 2 atom stereocenters. The lowest BCUT2D eigenvalue weighted by atomic mass is 10.1. The molecule has 2 aromatic rings. The summed E-state index contributed by atoms with van der Waals surface area (Å²) in [7, 11) is 0. The second kappa shape index (κ2) is 5.14. The van der Waals surface area contributed by atoms with E-state index in [1.165, 1.54) is 12.8 Å². The van der Waals surface area contributed by atoms with Gasteiger partial charge in [-0.2, -0.15) is 9.97 Å². The number of hydrogen-bond acceptors (Lipinski definition) is 6. The zero-order valence-corrected chi connectivity index (χ0v) is 12.1. The molecule has 1 aliphatic carbocycles. The molecule has 3 N–H and O–H groups in total. The van der Waals surface area contributed by atoms with Gasteiger partial charge in [0.05, 0.1) is 18.5 Å². The molecule has 112 valence electrons. The highest BCUT2D eigenvalue weighted by Crippen LogP contribution is 2.39. The summed E-state index contributed by atoms with van der Waals surface area (Å²) in [4.78, 5) is 16.3. The number of fused-ring (bicyclic) bond motifs is 1. The second-order valence-corrected chi connectivity index (χ2v) is 5.74. The van der Waals surface area contributed by atoms with E-state index in [1.54, 1.807) is 6.33 Å². The molecule has 0 amide bonds. The van der Waals surface area contributed by atoms with Crippen LogP contribution in [0.5, 0.6) is 0 Å². The van der Waals surface area contributed by atoms with Crippen molar-refractivity contribution < 1.29 is 4.74 Å². The molecule has 2 fully saturated rings. The fourth-order valence-corrected chi connectivity index (χ4v) is 3.01. The lowest BCUT2D eigenvalue weighted by Crippen LogP contribution is -2.31. The number of hydrogen-bond donors (Lipinski definition) is 3. The third-order valence-corrected chi connectivity index (χ3v) is 4.16. The highest BCUT2D eigenvalue weighted by molar-refractivity contribution is 5.83. The first kappa shape index (κ1) is 12.8. The first-order valence-corrected chi connectivity index (χ1v) is 7.68. The average Bonchev–Trinajstić information content (AvgIpc) is 3.02. The van der Waals surface area contributed by atoms with Crippen molar-refractivity contribution >= 4 is 22.9 Å². The maximum Gasteiger partial charge on any atom is 0.226 e. The standard InChI is InChI=1S/C14H20N6O/c1-2-15-14-19-12-10(16-7-17-12)13(20-14)18-9-5-6-21-11(9)8-3-4-8/h7-9,11H,2-6H2,1H3,(H3,15,16,17,18,19,20). The lowest BCUT2D eigenvalue weighted by molar-refractivity contribution is 0.0898. The molecule has 0 radical (unpaired) electrons. The van der Waals surface area contributed by atoms with Gasteiger partial charge in [0.15, 0.2) is 11.5 Å². The monoisotopic (exact) mass is 288 g/mol. The highest BCUT2D eigenvalue weighted by Gasteiger charge is 2.41. The minimum Gasteiger partial charge on any atom is -0.376 e. The van der Waals surface area contributed by atoms with Crippen LogP contribution in [0.3, 0.4) is 0 Å². The fraction of sp³-hybridized carbons (Fsp3) is 0.643. The van der Waals surface area contributed by atoms with Crippen molar-refractivity contribution in [1.82, 2.24) is 19.9 Å². The van der Waals surface area contributed by atoms with Crippen molar-refractivity contribution in [2.24, 2.45) is 5.92 Å². The van der Waals surface area contributed by atoms with Crippen molar-refractivity contribution in [3.05, 3.63) is 6.33 Å². The molecule has 3 heterocycles. The number of rotatable bonds is 5. The number of nitrogens with zero attached hydrogens (tertiary/aromatic N) is 3. The smallest absolute Gasteiger partial charge is 0.226 e. The average molecular weight is 288 g/mol. The number of H-pyrrole nitrogens is 1. The van der Waals surface area contributed by atoms with E-state index in [9.17, 15) is 0 Å². The van der Waals surface area contributed by atoms with Crippen LogP contribution in [-0.2, 0) is 4.74 Å². The van der Waals surface area contributed by atoms with Gasteiger partial charge in [0.2, 0.25) is 5.95 Å². The maximum atomic E-state index is 5.89. The summed E-state index contributed by atoms with van der Waals surface area (Å²) in [6, 6.07) is 0.327. The molecule has 1 saturated heterocycles. The molecular weight excluding hydrogens is 268 g/mol. The van der Waals surface area contributed by atoms with Gasteiger partial charge in [-0.15, -0.1) is 0 Å². The van der Waals surface area contributed by atoms with Crippen LogP contribution in [0.15, 0.2) is 6.33 Å². The van der Waals surface area contributed by atoms with Crippen LogP contribution in [0, 0.1) is 5.92 Å². The van der Waals surface area contributed by atoms with Gasteiger partial charge in [-0.1, -0.05) is 0 Å². The number of imidazole rings is 1. The highest BCUT2D eigenvalue weighted by atomic mass is 16.5. The minimum atomic E-state index is 0.320. The predicted molar refractivity (Wildman–Crippen MR) is 80.3 cm³/mol. The van der Waals surface area contributed by atoms with Gasteiger partial charge in [-0.25, -0.2) is 4.98 Å². The van der Waals surface area contributed by atoms with Gasteiger partial charge in [-0.3, -0.25) is 0 Å². The van der Waals surface area contributed by atoms with Crippen LogP contribution < -0.4 is 10.6 Å². The van der Waals surface area contributed by atoms with Crippen LogP contribution in [-0.4, -0.2) is 45.2 Å². The summed E-state index contributed by atoms with van der Waals surface area (Å²) in [6.07, 6.45) is 5.57. The van der Waals surface area contributed by atoms with Crippen molar-refractivity contribution in [2.75, 3.05) is 23.8 Å². The molecule has 0 spiro atoms. The van der Waals surface area contributed by atoms with Crippen LogP contribution >= 0.6 is 0 Å². The summed E-state index contributed by atoms with van der Waals surface area (Å²) in [6.45, 7) is 3.64. The number of nitrogens with one attached hydrogen (secondary N) is 3. The van der Waals surface area contributed by atoms with E-state index in [0.717, 1.165) is 36.8 Å². The van der Waals surface area contributed by atoms with Gasteiger partial charge in [0.1, 0.15) is 5.52 Å². The molecule has 0 bridgehead atoms. The summed E-state index contributed by atoms with van der Waals surface area (Å²) in [5.74, 6) is 2.15. The van der Waals surface area contributed by atoms with E-state index in [0.29, 0.717) is 23.7 Å². The Morgan fingerprint density at radius 3 is 3.05 bits per heavy atom. The summed E-state index contributed by atoms with van der Waals surface area (Å²) >= 11 is 0. The number of aromatic nitrogens is 4. The molecular formula is C14H20N6O. The van der Waals surface area contributed by atoms with Gasteiger partial charge >= 0.3 is 0 Å². The Bertz CT molecular complexity index is 637. The van der Waals surface area contributed by atoms with Crippen molar-refractivity contribution in [2.45, 2.75) is 38.3 Å². The summed E-state index contributed by atoms with van der Waals surface area (Å²) in [5, 5.41) is 6.71. The topological polar surface area (TPSA) is 87.8 Å². The molecule has 0 aromatic carbocycles. The molecule has 4 rings (SSSR count). The lowest BCUT2D eigenvalue weighted by Gasteiger charge is -2.20. The molecule has 2 unspecified atom stereocenters. The van der Waals surface area contributed by atoms with Crippen LogP contribution in [0.4, 0.5) is 11.8 Å². The molecule has 7 nitrogen and oxygen atoms in total. The third kappa shape index (κ3) is 2.42. The third-order valence-electron chi connectivity index (χ3n) is 4.16. The Morgan fingerprint density at radius 1 is 1.33 bits per heavy atom. The summed E-state index contributed by atoms with van der Waals surface area (Å²) < 4.78 is 5.89. The molecule has 1 aliphatic heterocycles. The molecule has 7 heteroatoms. The molecule has 1 saturated carbocycles. The predicted octanol–water partition coefficient (Wildman–Crippen LogP) is 1.76. The zero-order chi connectivity index (χ0) is 14.2. The summed E-state index contributed by atoms with van der Waals surface area (Å²) in [5.41, 5.74) is 1.54. The van der Waals surface area contributed by atoms with Gasteiger partial charge in [0, 0.05) is 13.2 Å². The van der Waals surface area contributed by atoms with Crippen molar-refractivity contribution in [3.8, 4) is 0 Å². The van der Waals surface area contributed by atoms with E-state index in [4.69, 9.17) is 4.74 Å². The number of aromatic amines is 1. The van der Waals surface area contributed by atoms with E-state index in [1.807, 2.05) is 6.92 Å². The Morgan fingerprint density at radius 2 is 2.24 bits per heavy atom. The van der Waals surface area contributed by atoms with Crippen molar-refractivity contribution in [1.29, 1.82) is 0 Å². The SMILES string of the molecule is CCNc1nc(NC2CCOC2C2CC2)c2[nH]cnc2n1. The van der Waals surface area contributed by atoms with Crippen LogP contribution in [0.25, 0.3) is 11.2 Å². The van der Waals surface area contributed by atoms with E-state index < -0.39 is 0 Å². The van der Waals surface area contributed by atoms with Crippen molar-refractivity contribution in [3.63, 3.8) is 0 Å². The van der Waals surface area contributed by atoms with Crippen LogP contribution in [0.1, 0.15) is 26.2 Å². The maximum absolute atomic E-state index is 5.89. The first-order valence-electron chi connectivity index (χ1n) is 7.68. The van der Waals surface area contributed by atoms with E-state index in [2.05, 4.69) is 30.6 Å². The molecule has 2 aromatic heterocycles. The zero-order valence-electron chi connectivity index (χ0n) is 12.1. The number of ether oxygens (including phenoxy) is 1. The Labute approximate surface area is 122 Å². The van der Waals surface area contributed by atoms with Gasteiger partial charge < -0.3 is 20.4 Å². The fourth-order valence-electron chi connectivity index (χ4n) is 3.01. The Balaban J connectivity index is 1.63. The Hall–Kier alpha value is -1.89. The normalized spacial score (nSPS) is 25.4. The van der Waals surface area contributed by atoms with Gasteiger partial charge in [-0.05, 0) is 32.1 Å². The van der Waals surface area contributed by atoms with Gasteiger partial charge in [0.25, 0.3) is 0 Å². The van der Waals surface area contributed by atoms with Crippen LogP contribution in [0.2, 0.25) is 0 Å². The number of anilines is 2. The quantitative estimate of drug-likeness (QED) is 0.777. The Kier molecular flexibility index (Phi) is 3.14. The minimum absolute atomic E-state index is 0.320. The molecule has 2 aliphatic rings. The first-order chi connectivity index (χ1) is 10.3. The van der Waals surface area contributed by atoms with E-state index in [-0.39, 0.29) is 0 Å². The molecule has 21 heavy (non-hydrogen) atoms. The second-order valence-electron chi connectivity index (χ2n) is 5.74.